The van der Waals surface area contributed by atoms with Crippen LogP contribution < -0.4 is 5.73 Å². The fourth-order valence-electron chi connectivity index (χ4n) is 3.01. The molecule has 0 radical (unpaired) electrons. The minimum absolute atomic E-state index is 0.0371. The van der Waals surface area contributed by atoms with E-state index in [1.165, 1.54) is 0 Å². The zero-order chi connectivity index (χ0) is 16.2. The number of primary amides is 1. The van der Waals surface area contributed by atoms with Gasteiger partial charge in [-0.05, 0) is 24.5 Å². The first kappa shape index (κ1) is 15.2. The zero-order valence-electron chi connectivity index (χ0n) is 12.8. The summed E-state index contributed by atoms with van der Waals surface area (Å²) in [5.74, 6) is -0.157. The summed E-state index contributed by atoms with van der Waals surface area (Å²) in [4.78, 5) is 29.4. The maximum Gasteiger partial charge on any atom is 0.246 e. The van der Waals surface area contributed by atoms with Gasteiger partial charge in [0.25, 0.3) is 0 Å². The lowest BCUT2D eigenvalue weighted by atomic mass is 10.1. The quantitative estimate of drug-likeness (QED) is 0.877. The molecule has 23 heavy (non-hydrogen) atoms. The highest BCUT2D eigenvalue weighted by atomic mass is 16.2. The molecule has 1 aliphatic rings. The standard InChI is InChI=1S/C18H19N3O2/c19-16(22)11-13-8-10-21(12-13)17(23)7-6-15-4-1-3-14-5-2-9-20-18(14)15/h1-7,9,13H,8,10-12H2,(H2,19,22)/b7-6+. The van der Waals surface area contributed by atoms with E-state index in [-0.39, 0.29) is 17.7 Å². The topological polar surface area (TPSA) is 76.3 Å². The third-order valence-corrected chi connectivity index (χ3v) is 4.16. The van der Waals surface area contributed by atoms with Gasteiger partial charge in [-0.25, -0.2) is 0 Å². The monoisotopic (exact) mass is 309 g/mol. The maximum absolute atomic E-state index is 12.3. The van der Waals surface area contributed by atoms with Gasteiger partial charge in [-0.1, -0.05) is 24.3 Å². The molecule has 1 saturated heterocycles. The van der Waals surface area contributed by atoms with Crippen molar-refractivity contribution in [2.45, 2.75) is 12.8 Å². The van der Waals surface area contributed by atoms with E-state index in [0.29, 0.717) is 19.5 Å². The minimum Gasteiger partial charge on any atom is -0.370 e. The van der Waals surface area contributed by atoms with E-state index < -0.39 is 0 Å². The molecule has 0 bridgehead atoms. The number of nitrogens with zero attached hydrogens (tertiary/aromatic N) is 2. The maximum atomic E-state index is 12.3. The number of hydrogen-bond donors (Lipinski definition) is 1. The van der Waals surface area contributed by atoms with Crippen molar-refractivity contribution in [1.82, 2.24) is 9.88 Å². The van der Waals surface area contributed by atoms with E-state index >= 15 is 0 Å². The first-order chi connectivity index (χ1) is 11.1. The molecular formula is C18H19N3O2. The molecule has 0 spiro atoms. The molecule has 1 aliphatic heterocycles. The van der Waals surface area contributed by atoms with Gasteiger partial charge in [0, 0.05) is 42.7 Å². The highest BCUT2D eigenvalue weighted by Crippen LogP contribution is 2.21. The van der Waals surface area contributed by atoms with Crippen LogP contribution in [0.3, 0.4) is 0 Å². The summed E-state index contributed by atoms with van der Waals surface area (Å²) < 4.78 is 0. The first-order valence-electron chi connectivity index (χ1n) is 7.72. The molecule has 1 atom stereocenters. The van der Waals surface area contributed by atoms with Gasteiger partial charge in [-0.15, -0.1) is 0 Å². The van der Waals surface area contributed by atoms with E-state index in [2.05, 4.69) is 4.98 Å². The van der Waals surface area contributed by atoms with Crippen LogP contribution in [0.15, 0.2) is 42.6 Å². The molecule has 3 rings (SSSR count). The Kier molecular flexibility index (Phi) is 4.37. The van der Waals surface area contributed by atoms with Crippen molar-refractivity contribution in [1.29, 1.82) is 0 Å². The van der Waals surface area contributed by atoms with Crippen LogP contribution in [0.4, 0.5) is 0 Å². The van der Waals surface area contributed by atoms with Gasteiger partial charge in [0.05, 0.1) is 5.52 Å². The van der Waals surface area contributed by atoms with E-state index in [9.17, 15) is 9.59 Å². The largest absolute Gasteiger partial charge is 0.370 e. The van der Waals surface area contributed by atoms with Gasteiger partial charge < -0.3 is 10.6 Å². The minimum atomic E-state index is -0.304. The number of nitrogens with two attached hydrogens (primary N) is 1. The Morgan fingerprint density at radius 1 is 1.30 bits per heavy atom. The van der Waals surface area contributed by atoms with E-state index in [1.54, 1.807) is 23.2 Å². The molecule has 0 aliphatic carbocycles. The van der Waals surface area contributed by atoms with Crippen molar-refractivity contribution in [3.05, 3.63) is 48.2 Å². The number of hydrogen-bond acceptors (Lipinski definition) is 3. The summed E-state index contributed by atoms with van der Waals surface area (Å²) in [6, 6.07) is 9.78. The molecule has 0 saturated carbocycles. The molecule has 118 valence electrons. The van der Waals surface area contributed by atoms with Crippen molar-refractivity contribution in [3.63, 3.8) is 0 Å². The number of carbonyl (C=O) groups is 2. The molecule has 1 aromatic carbocycles. The average Bonchev–Trinajstić information content (AvgIpc) is 3.00. The Bertz CT molecular complexity index is 764. The van der Waals surface area contributed by atoms with E-state index in [1.807, 2.05) is 30.3 Å². The number of benzene rings is 1. The molecule has 2 aromatic rings. The SMILES string of the molecule is NC(=O)CC1CCN(C(=O)/C=C/c2cccc3cccnc23)C1. The van der Waals surface area contributed by atoms with Crippen LogP contribution >= 0.6 is 0 Å². The Hall–Kier alpha value is -2.69. The van der Waals surface area contributed by atoms with Gasteiger partial charge in [-0.2, -0.15) is 0 Å². The number of amides is 2. The van der Waals surface area contributed by atoms with Crippen molar-refractivity contribution in [3.8, 4) is 0 Å². The molecule has 5 heteroatoms. The summed E-state index contributed by atoms with van der Waals surface area (Å²) >= 11 is 0. The fourth-order valence-corrected chi connectivity index (χ4v) is 3.01. The second kappa shape index (κ2) is 6.60. The summed E-state index contributed by atoms with van der Waals surface area (Å²) in [5.41, 5.74) is 7.02. The fraction of sp³-hybridized carbons (Fsp3) is 0.278. The lowest BCUT2D eigenvalue weighted by Crippen LogP contribution is -2.27. The summed E-state index contributed by atoms with van der Waals surface area (Å²) in [5, 5.41) is 1.05. The molecule has 5 nitrogen and oxygen atoms in total. The number of aromatic nitrogens is 1. The Labute approximate surface area is 134 Å². The van der Waals surface area contributed by atoms with Crippen molar-refractivity contribution >= 4 is 28.8 Å². The van der Waals surface area contributed by atoms with Crippen LogP contribution in [0, 0.1) is 5.92 Å². The number of pyridine rings is 1. The molecular weight excluding hydrogens is 290 g/mol. The van der Waals surface area contributed by atoms with Crippen LogP contribution in [0.25, 0.3) is 17.0 Å². The van der Waals surface area contributed by atoms with Crippen LogP contribution in [-0.2, 0) is 9.59 Å². The van der Waals surface area contributed by atoms with Gasteiger partial charge in [0.15, 0.2) is 0 Å². The number of rotatable bonds is 4. The van der Waals surface area contributed by atoms with Gasteiger partial charge >= 0.3 is 0 Å². The van der Waals surface area contributed by atoms with E-state index in [0.717, 1.165) is 22.9 Å². The Balaban J connectivity index is 1.70. The highest BCUT2D eigenvalue weighted by molar-refractivity contribution is 5.95. The Morgan fingerprint density at radius 2 is 2.13 bits per heavy atom. The molecule has 1 unspecified atom stereocenters. The molecule has 1 fully saturated rings. The molecule has 2 N–H and O–H groups in total. The average molecular weight is 309 g/mol. The van der Waals surface area contributed by atoms with Gasteiger partial charge in [0.2, 0.25) is 11.8 Å². The van der Waals surface area contributed by atoms with Gasteiger partial charge in [0.1, 0.15) is 0 Å². The normalized spacial score (nSPS) is 17.9. The first-order valence-corrected chi connectivity index (χ1v) is 7.72. The Morgan fingerprint density at radius 3 is 2.96 bits per heavy atom. The molecule has 1 aromatic heterocycles. The summed E-state index contributed by atoms with van der Waals surface area (Å²) in [7, 11) is 0. The van der Waals surface area contributed by atoms with Crippen molar-refractivity contribution < 1.29 is 9.59 Å². The van der Waals surface area contributed by atoms with Crippen LogP contribution in [-0.4, -0.2) is 34.8 Å². The predicted octanol–water partition coefficient (Wildman–Crippen LogP) is 1.97. The molecule has 2 amide bonds. The van der Waals surface area contributed by atoms with Crippen molar-refractivity contribution in [2.24, 2.45) is 11.7 Å². The number of para-hydroxylation sites is 1. The zero-order valence-corrected chi connectivity index (χ0v) is 12.8. The number of fused-ring (bicyclic) bond motifs is 1. The smallest absolute Gasteiger partial charge is 0.246 e. The predicted molar refractivity (Wildman–Crippen MR) is 89.3 cm³/mol. The van der Waals surface area contributed by atoms with E-state index in [4.69, 9.17) is 5.73 Å². The lowest BCUT2D eigenvalue weighted by molar-refractivity contribution is -0.125. The van der Waals surface area contributed by atoms with Crippen LogP contribution in [0.2, 0.25) is 0 Å². The third kappa shape index (κ3) is 3.56. The molecule has 2 heterocycles. The highest BCUT2D eigenvalue weighted by Gasteiger charge is 2.25. The summed E-state index contributed by atoms with van der Waals surface area (Å²) in [6.07, 6.45) is 6.31. The van der Waals surface area contributed by atoms with Crippen LogP contribution in [0.5, 0.6) is 0 Å². The third-order valence-electron chi connectivity index (χ3n) is 4.16. The van der Waals surface area contributed by atoms with Crippen LogP contribution in [0.1, 0.15) is 18.4 Å². The second-order valence-corrected chi connectivity index (χ2v) is 5.87. The van der Waals surface area contributed by atoms with Gasteiger partial charge in [-0.3, -0.25) is 14.6 Å². The summed E-state index contributed by atoms with van der Waals surface area (Å²) in [6.45, 7) is 1.27. The lowest BCUT2D eigenvalue weighted by Gasteiger charge is -2.13. The number of likely N-dealkylation sites (tertiary alicyclic amines) is 1. The van der Waals surface area contributed by atoms with Crippen molar-refractivity contribution in [2.75, 3.05) is 13.1 Å². The number of carbonyl (C=O) groups excluding carboxylic acids is 2. The second-order valence-electron chi connectivity index (χ2n) is 5.87.